The van der Waals surface area contributed by atoms with Crippen LogP contribution in [-0.4, -0.2) is 9.55 Å². The highest BCUT2D eigenvalue weighted by Crippen LogP contribution is 2.07. The maximum absolute atomic E-state index is 12.8. The van der Waals surface area contributed by atoms with E-state index >= 15 is 0 Å². The van der Waals surface area contributed by atoms with Crippen LogP contribution < -0.4 is 5.32 Å². The molecular weight excluding hydrogens is 205 g/mol. The van der Waals surface area contributed by atoms with E-state index in [0.29, 0.717) is 12.4 Å². The third-order valence-electron chi connectivity index (χ3n) is 2.43. The van der Waals surface area contributed by atoms with Gasteiger partial charge in [-0.3, -0.25) is 0 Å². The van der Waals surface area contributed by atoms with E-state index in [0.717, 1.165) is 12.2 Å². The molecule has 4 heteroatoms. The van der Waals surface area contributed by atoms with Crippen LogP contribution in [0.15, 0.2) is 36.5 Å². The smallest absolute Gasteiger partial charge is 0.214 e. The van der Waals surface area contributed by atoms with Crippen molar-refractivity contribution in [1.82, 2.24) is 9.55 Å². The Balaban J connectivity index is 2.02. The van der Waals surface area contributed by atoms with E-state index < -0.39 is 5.95 Å². The Labute approximate surface area is 93.9 Å². The van der Waals surface area contributed by atoms with Crippen molar-refractivity contribution in [2.75, 3.05) is 5.32 Å². The third kappa shape index (κ3) is 2.39. The second kappa shape index (κ2) is 4.79. The number of anilines is 1. The van der Waals surface area contributed by atoms with E-state index in [1.54, 1.807) is 12.1 Å². The molecule has 0 unspecified atom stereocenters. The zero-order valence-corrected chi connectivity index (χ0v) is 9.15. The lowest BCUT2D eigenvalue weighted by Crippen LogP contribution is -2.07. The summed E-state index contributed by atoms with van der Waals surface area (Å²) in [6, 6.07) is 8.76. The molecular formula is C12H14FN3. The summed E-state index contributed by atoms with van der Waals surface area (Å²) >= 11 is 0. The van der Waals surface area contributed by atoms with E-state index in [4.69, 9.17) is 0 Å². The predicted molar refractivity (Wildman–Crippen MR) is 61.6 cm³/mol. The number of nitrogens with zero attached hydrogens (tertiary/aromatic N) is 2. The standard InChI is InChI=1S/C12H14FN3/c1-2-16-8-4-5-10(16)9-14-12-7-3-6-11(13)15-12/h3-8H,2,9H2,1H3,(H,14,15). The van der Waals surface area contributed by atoms with Gasteiger partial charge in [-0.25, -0.2) is 4.98 Å². The Bertz CT molecular complexity index is 465. The summed E-state index contributed by atoms with van der Waals surface area (Å²) in [5.74, 6) is 0.0970. The van der Waals surface area contributed by atoms with Crippen molar-refractivity contribution in [2.45, 2.75) is 20.0 Å². The minimum absolute atomic E-state index is 0.462. The molecule has 0 aromatic carbocycles. The van der Waals surface area contributed by atoms with Crippen LogP contribution in [0.5, 0.6) is 0 Å². The van der Waals surface area contributed by atoms with Crippen LogP contribution in [0.3, 0.4) is 0 Å². The molecule has 1 N–H and O–H groups in total. The fraction of sp³-hybridized carbons (Fsp3) is 0.250. The first-order valence-electron chi connectivity index (χ1n) is 5.30. The molecule has 3 nitrogen and oxygen atoms in total. The molecule has 0 atom stereocenters. The second-order valence-electron chi connectivity index (χ2n) is 3.48. The molecule has 0 amide bonds. The first-order valence-corrected chi connectivity index (χ1v) is 5.30. The van der Waals surface area contributed by atoms with Gasteiger partial charge in [0.2, 0.25) is 5.95 Å². The highest BCUT2D eigenvalue weighted by Gasteiger charge is 2.00. The summed E-state index contributed by atoms with van der Waals surface area (Å²) < 4.78 is 15.0. The normalized spacial score (nSPS) is 10.4. The van der Waals surface area contributed by atoms with Crippen molar-refractivity contribution in [3.63, 3.8) is 0 Å². The summed E-state index contributed by atoms with van der Waals surface area (Å²) in [4.78, 5) is 3.74. The minimum Gasteiger partial charge on any atom is -0.364 e. The number of pyridine rings is 1. The van der Waals surface area contributed by atoms with Gasteiger partial charge >= 0.3 is 0 Å². The van der Waals surface area contributed by atoms with Crippen LogP contribution in [0, 0.1) is 5.95 Å². The number of hydrogen-bond acceptors (Lipinski definition) is 2. The van der Waals surface area contributed by atoms with Crippen LogP contribution in [0.4, 0.5) is 10.2 Å². The number of hydrogen-bond donors (Lipinski definition) is 1. The van der Waals surface area contributed by atoms with Crippen LogP contribution in [0.1, 0.15) is 12.6 Å². The molecule has 0 bridgehead atoms. The summed E-state index contributed by atoms with van der Waals surface area (Å²) in [6.07, 6.45) is 2.02. The lowest BCUT2D eigenvalue weighted by molar-refractivity contribution is 0.585. The molecule has 0 aliphatic rings. The lowest BCUT2D eigenvalue weighted by Gasteiger charge is -2.08. The van der Waals surface area contributed by atoms with Crippen LogP contribution in [0.2, 0.25) is 0 Å². The molecule has 2 aromatic heterocycles. The van der Waals surface area contributed by atoms with Crippen molar-refractivity contribution in [3.8, 4) is 0 Å². The van der Waals surface area contributed by atoms with Crippen LogP contribution in [0.25, 0.3) is 0 Å². The van der Waals surface area contributed by atoms with Gasteiger partial charge in [-0.15, -0.1) is 0 Å². The van der Waals surface area contributed by atoms with Crippen molar-refractivity contribution >= 4 is 5.82 Å². The fourth-order valence-corrected chi connectivity index (χ4v) is 1.61. The van der Waals surface area contributed by atoms with Crippen molar-refractivity contribution in [3.05, 3.63) is 48.2 Å². The van der Waals surface area contributed by atoms with Crippen molar-refractivity contribution < 1.29 is 4.39 Å². The Hall–Kier alpha value is -1.84. The molecule has 0 aliphatic carbocycles. The third-order valence-corrected chi connectivity index (χ3v) is 2.43. The monoisotopic (exact) mass is 219 g/mol. The molecule has 0 fully saturated rings. The summed E-state index contributed by atoms with van der Waals surface area (Å²) in [5, 5.41) is 3.09. The van der Waals surface area contributed by atoms with Crippen LogP contribution >= 0.6 is 0 Å². The number of aryl methyl sites for hydroxylation is 1. The van der Waals surface area contributed by atoms with Gasteiger partial charge < -0.3 is 9.88 Å². The first-order chi connectivity index (χ1) is 7.79. The van der Waals surface area contributed by atoms with E-state index in [9.17, 15) is 4.39 Å². The van der Waals surface area contributed by atoms with Crippen LogP contribution in [-0.2, 0) is 13.1 Å². The largest absolute Gasteiger partial charge is 0.364 e. The van der Waals surface area contributed by atoms with Gasteiger partial charge in [0.25, 0.3) is 0 Å². The Morgan fingerprint density at radius 3 is 2.94 bits per heavy atom. The second-order valence-corrected chi connectivity index (χ2v) is 3.48. The zero-order chi connectivity index (χ0) is 11.4. The number of nitrogens with one attached hydrogen (secondary N) is 1. The molecule has 16 heavy (non-hydrogen) atoms. The SMILES string of the molecule is CCn1cccc1CNc1cccc(F)n1. The Kier molecular flexibility index (Phi) is 3.19. The highest BCUT2D eigenvalue weighted by molar-refractivity contribution is 5.34. The number of halogens is 1. The predicted octanol–water partition coefficient (Wildman–Crippen LogP) is 2.65. The molecule has 84 valence electrons. The molecule has 0 radical (unpaired) electrons. The molecule has 0 saturated heterocycles. The average Bonchev–Trinajstić information content (AvgIpc) is 2.74. The summed E-state index contributed by atoms with van der Waals surface area (Å²) in [5.41, 5.74) is 1.16. The quantitative estimate of drug-likeness (QED) is 0.801. The van der Waals surface area contributed by atoms with Gasteiger partial charge in [0.15, 0.2) is 0 Å². The number of aromatic nitrogens is 2. The highest BCUT2D eigenvalue weighted by atomic mass is 19.1. The van der Waals surface area contributed by atoms with E-state index in [1.165, 1.54) is 6.07 Å². The minimum atomic E-state index is -0.462. The lowest BCUT2D eigenvalue weighted by atomic mass is 10.4. The van der Waals surface area contributed by atoms with E-state index in [2.05, 4.69) is 21.8 Å². The van der Waals surface area contributed by atoms with Gasteiger partial charge in [-0.1, -0.05) is 6.07 Å². The van der Waals surface area contributed by atoms with Crippen molar-refractivity contribution in [2.24, 2.45) is 0 Å². The fourth-order valence-electron chi connectivity index (χ4n) is 1.61. The first kappa shape index (κ1) is 10.7. The van der Waals surface area contributed by atoms with Crippen molar-refractivity contribution in [1.29, 1.82) is 0 Å². The molecule has 2 heterocycles. The van der Waals surface area contributed by atoms with E-state index in [1.807, 2.05) is 18.3 Å². The molecule has 0 saturated carbocycles. The maximum Gasteiger partial charge on any atom is 0.214 e. The van der Waals surface area contributed by atoms with Gasteiger partial charge in [0, 0.05) is 18.4 Å². The topological polar surface area (TPSA) is 29.9 Å². The molecule has 2 rings (SSSR count). The molecule has 2 aromatic rings. The maximum atomic E-state index is 12.8. The van der Waals surface area contributed by atoms with Gasteiger partial charge in [0.05, 0.1) is 6.54 Å². The van der Waals surface area contributed by atoms with Gasteiger partial charge in [-0.05, 0) is 31.2 Å². The summed E-state index contributed by atoms with van der Waals surface area (Å²) in [6.45, 7) is 3.67. The zero-order valence-electron chi connectivity index (χ0n) is 9.15. The molecule has 0 aliphatic heterocycles. The summed E-state index contributed by atoms with van der Waals surface area (Å²) in [7, 11) is 0. The Morgan fingerprint density at radius 1 is 1.31 bits per heavy atom. The Morgan fingerprint density at radius 2 is 2.19 bits per heavy atom. The average molecular weight is 219 g/mol. The number of rotatable bonds is 4. The van der Waals surface area contributed by atoms with Gasteiger partial charge in [0.1, 0.15) is 5.82 Å². The van der Waals surface area contributed by atoms with E-state index in [-0.39, 0.29) is 0 Å². The molecule has 0 spiro atoms. The van der Waals surface area contributed by atoms with Gasteiger partial charge in [-0.2, -0.15) is 4.39 Å².